The van der Waals surface area contributed by atoms with Crippen LogP contribution in [0.3, 0.4) is 0 Å². The lowest BCUT2D eigenvalue weighted by molar-refractivity contribution is 0.472. The number of nitrogens with one attached hydrogen (secondary N) is 1. The van der Waals surface area contributed by atoms with Crippen LogP contribution in [0.15, 0.2) is 85.5 Å². The Bertz CT molecular complexity index is 1230. The molecule has 5 rings (SSSR count). The van der Waals surface area contributed by atoms with Gasteiger partial charge in [0, 0.05) is 41.2 Å². The number of rotatable bonds is 4. The zero-order chi connectivity index (χ0) is 21.4. The van der Waals surface area contributed by atoms with Crippen molar-refractivity contribution in [1.29, 1.82) is 0 Å². The Morgan fingerprint density at radius 3 is 2.61 bits per heavy atom. The van der Waals surface area contributed by atoms with Gasteiger partial charge in [-0.2, -0.15) is 0 Å². The lowest BCUT2D eigenvalue weighted by Crippen LogP contribution is -2.30. The van der Waals surface area contributed by atoms with E-state index in [2.05, 4.69) is 19.9 Å². The Morgan fingerprint density at radius 2 is 1.84 bits per heavy atom. The van der Waals surface area contributed by atoms with Gasteiger partial charge >= 0.3 is 0 Å². The second kappa shape index (κ2) is 8.02. The molecule has 8 heteroatoms. The van der Waals surface area contributed by atoms with Gasteiger partial charge in [-0.05, 0) is 66.8 Å². The third-order valence-corrected chi connectivity index (χ3v) is 5.87. The van der Waals surface area contributed by atoms with Crippen LogP contribution in [-0.2, 0) is 0 Å². The third kappa shape index (κ3) is 3.52. The molecule has 2 N–H and O–H groups in total. The second-order valence-electron chi connectivity index (χ2n) is 7.14. The SMILES string of the molecule is Oc1ccc(Cl)cc1N1C(=S)NC(c2ccccn2)C1c1cccn1-c1ccncc1. The van der Waals surface area contributed by atoms with Gasteiger partial charge in [-0.1, -0.05) is 17.7 Å². The van der Waals surface area contributed by atoms with Crippen LogP contribution in [0.25, 0.3) is 5.69 Å². The fourth-order valence-electron chi connectivity index (χ4n) is 3.98. The smallest absolute Gasteiger partial charge is 0.174 e. The molecule has 0 amide bonds. The van der Waals surface area contributed by atoms with Crippen molar-refractivity contribution in [2.45, 2.75) is 12.1 Å². The predicted octanol–water partition coefficient (Wildman–Crippen LogP) is 4.80. The van der Waals surface area contributed by atoms with Gasteiger partial charge in [0.1, 0.15) is 11.8 Å². The van der Waals surface area contributed by atoms with Gasteiger partial charge in [0.25, 0.3) is 0 Å². The molecule has 1 fully saturated rings. The van der Waals surface area contributed by atoms with E-state index in [-0.39, 0.29) is 17.8 Å². The first-order valence-corrected chi connectivity index (χ1v) is 10.5. The number of aromatic hydroxyl groups is 1. The highest BCUT2D eigenvalue weighted by atomic mass is 35.5. The van der Waals surface area contributed by atoms with Crippen molar-refractivity contribution < 1.29 is 5.11 Å². The van der Waals surface area contributed by atoms with Crippen LogP contribution in [0.5, 0.6) is 5.75 Å². The minimum atomic E-state index is -0.282. The summed E-state index contributed by atoms with van der Waals surface area (Å²) in [5.74, 6) is 0.0993. The Kier molecular flexibility index (Phi) is 5.05. The molecule has 0 radical (unpaired) electrons. The highest BCUT2D eigenvalue weighted by molar-refractivity contribution is 7.80. The first-order valence-electron chi connectivity index (χ1n) is 9.70. The minimum Gasteiger partial charge on any atom is -0.506 e. The maximum Gasteiger partial charge on any atom is 0.174 e. The molecule has 0 bridgehead atoms. The predicted molar refractivity (Wildman–Crippen MR) is 125 cm³/mol. The van der Waals surface area contributed by atoms with Crippen LogP contribution in [0, 0.1) is 0 Å². The normalized spacial score (nSPS) is 18.2. The molecule has 2 unspecified atom stereocenters. The fourth-order valence-corrected chi connectivity index (χ4v) is 4.48. The van der Waals surface area contributed by atoms with E-state index < -0.39 is 0 Å². The van der Waals surface area contributed by atoms with Crippen LogP contribution in [0.4, 0.5) is 5.69 Å². The number of phenols is 1. The number of hydrogen-bond donors (Lipinski definition) is 2. The van der Waals surface area contributed by atoms with Gasteiger partial charge in [0.05, 0.1) is 17.4 Å². The number of thiocarbonyl (C=S) groups is 1. The molecule has 1 aliphatic heterocycles. The molecule has 4 heterocycles. The molecular formula is C23H18ClN5OS. The average molecular weight is 448 g/mol. The number of phenolic OH excluding ortho intramolecular Hbond substituents is 1. The van der Waals surface area contributed by atoms with Gasteiger partial charge in [-0.15, -0.1) is 0 Å². The number of aromatic nitrogens is 3. The van der Waals surface area contributed by atoms with Crippen LogP contribution in [0.2, 0.25) is 5.02 Å². The van der Waals surface area contributed by atoms with Crippen LogP contribution >= 0.6 is 23.8 Å². The van der Waals surface area contributed by atoms with Crippen molar-refractivity contribution in [2.75, 3.05) is 4.90 Å². The fraction of sp³-hybridized carbons (Fsp3) is 0.0870. The molecule has 0 aliphatic carbocycles. The van der Waals surface area contributed by atoms with E-state index in [1.165, 1.54) is 0 Å². The number of benzene rings is 1. The van der Waals surface area contributed by atoms with Gasteiger partial charge in [0.2, 0.25) is 0 Å². The van der Waals surface area contributed by atoms with E-state index in [1.54, 1.807) is 36.8 Å². The number of pyridine rings is 2. The zero-order valence-corrected chi connectivity index (χ0v) is 17.8. The Morgan fingerprint density at radius 1 is 1.00 bits per heavy atom. The van der Waals surface area contributed by atoms with E-state index in [1.807, 2.05) is 53.6 Å². The number of anilines is 1. The molecule has 1 aliphatic rings. The van der Waals surface area contributed by atoms with Crippen molar-refractivity contribution in [1.82, 2.24) is 19.9 Å². The summed E-state index contributed by atoms with van der Waals surface area (Å²) in [6.45, 7) is 0. The van der Waals surface area contributed by atoms with Crippen LogP contribution in [-0.4, -0.2) is 24.8 Å². The highest BCUT2D eigenvalue weighted by Gasteiger charge is 2.43. The molecule has 154 valence electrons. The van der Waals surface area contributed by atoms with Gasteiger partial charge in [-0.25, -0.2) is 0 Å². The average Bonchev–Trinajstić information content (AvgIpc) is 3.41. The van der Waals surface area contributed by atoms with Crippen molar-refractivity contribution in [3.63, 3.8) is 0 Å². The summed E-state index contributed by atoms with van der Waals surface area (Å²) in [4.78, 5) is 10.6. The summed E-state index contributed by atoms with van der Waals surface area (Å²) < 4.78 is 2.09. The third-order valence-electron chi connectivity index (χ3n) is 5.32. The van der Waals surface area contributed by atoms with E-state index in [9.17, 15) is 5.11 Å². The Balaban J connectivity index is 1.70. The lowest BCUT2D eigenvalue weighted by Gasteiger charge is -2.29. The van der Waals surface area contributed by atoms with Crippen molar-refractivity contribution in [3.05, 3.63) is 102 Å². The molecule has 1 saturated heterocycles. The molecule has 0 spiro atoms. The highest BCUT2D eigenvalue weighted by Crippen LogP contribution is 2.45. The monoisotopic (exact) mass is 447 g/mol. The van der Waals surface area contributed by atoms with Crippen molar-refractivity contribution in [2.24, 2.45) is 0 Å². The molecule has 3 aromatic heterocycles. The largest absolute Gasteiger partial charge is 0.506 e. The topological polar surface area (TPSA) is 66.2 Å². The Labute approximate surface area is 189 Å². The summed E-state index contributed by atoms with van der Waals surface area (Å²) in [5, 5.41) is 15.1. The van der Waals surface area contributed by atoms with Crippen molar-refractivity contribution >= 4 is 34.6 Å². The van der Waals surface area contributed by atoms with E-state index in [0.29, 0.717) is 15.8 Å². The first-order chi connectivity index (χ1) is 15.1. The number of nitrogens with zero attached hydrogens (tertiary/aromatic N) is 4. The zero-order valence-electron chi connectivity index (χ0n) is 16.3. The number of halogens is 1. The summed E-state index contributed by atoms with van der Waals surface area (Å²) in [6, 6.07) is 18.2. The lowest BCUT2D eigenvalue weighted by atomic mass is 10.0. The maximum absolute atomic E-state index is 10.7. The quantitative estimate of drug-likeness (QED) is 0.438. The van der Waals surface area contributed by atoms with E-state index in [4.69, 9.17) is 23.8 Å². The molecule has 6 nitrogen and oxygen atoms in total. The summed E-state index contributed by atoms with van der Waals surface area (Å²) in [7, 11) is 0. The van der Waals surface area contributed by atoms with Gasteiger partial charge in [-0.3, -0.25) is 9.97 Å². The molecule has 1 aromatic carbocycles. The summed E-state index contributed by atoms with van der Waals surface area (Å²) in [5.41, 5.74) is 3.34. The summed E-state index contributed by atoms with van der Waals surface area (Å²) in [6.07, 6.45) is 7.27. The second-order valence-corrected chi connectivity index (χ2v) is 7.96. The molecule has 4 aromatic rings. The van der Waals surface area contributed by atoms with Crippen LogP contribution < -0.4 is 10.2 Å². The summed E-state index contributed by atoms with van der Waals surface area (Å²) >= 11 is 12.0. The van der Waals surface area contributed by atoms with E-state index in [0.717, 1.165) is 17.1 Å². The molecule has 0 saturated carbocycles. The van der Waals surface area contributed by atoms with Crippen LogP contribution in [0.1, 0.15) is 23.5 Å². The van der Waals surface area contributed by atoms with Gasteiger partial charge in [0.15, 0.2) is 5.11 Å². The molecule has 2 atom stereocenters. The maximum atomic E-state index is 10.7. The molecule has 31 heavy (non-hydrogen) atoms. The van der Waals surface area contributed by atoms with E-state index >= 15 is 0 Å². The Hall–Kier alpha value is -3.42. The first kappa shape index (κ1) is 19.5. The van der Waals surface area contributed by atoms with Crippen molar-refractivity contribution in [3.8, 4) is 11.4 Å². The van der Waals surface area contributed by atoms with Gasteiger partial charge < -0.3 is 19.9 Å². The molecular weight excluding hydrogens is 430 g/mol. The standard InChI is InChI=1S/C23H18ClN5OS/c24-15-6-7-20(30)19(14-15)29-22(21(27-23(29)31)17-4-1-2-10-26-17)18-5-3-13-28(18)16-8-11-25-12-9-16/h1-14,21-22,30H,(H,27,31). The minimum absolute atomic E-state index is 0.0993. The number of hydrogen-bond acceptors (Lipinski definition) is 4.